The van der Waals surface area contributed by atoms with Crippen molar-refractivity contribution in [1.29, 1.82) is 0 Å². The molecule has 0 N–H and O–H groups in total. The molecule has 0 saturated heterocycles. The summed E-state index contributed by atoms with van der Waals surface area (Å²) in [6.45, 7) is 0. The average Bonchev–Trinajstić information content (AvgIpc) is 3.97. The van der Waals surface area contributed by atoms with Crippen molar-refractivity contribution < 1.29 is 4.42 Å². The van der Waals surface area contributed by atoms with Gasteiger partial charge in [-0.15, -0.1) is 0 Å². The molecule has 0 aliphatic carbocycles. The van der Waals surface area contributed by atoms with Crippen LogP contribution in [0.15, 0.2) is 199 Å². The number of aromatic nitrogens is 4. The number of nitrogens with zero attached hydrogens (tertiary/aromatic N) is 4. The van der Waals surface area contributed by atoms with E-state index in [-0.39, 0.29) is 0 Å². The molecule has 5 heteroatoms. The van der Waals surface area contributed by atoms with Gasteiger partial charge in [-0.05, 0) is 71.1 Å². The summed E-state index contributed by atoms with van der Waals surface area (Å²) >= 11 is 0. The smallest absolute Gasteiger partial charge is 0.235 e. The summed E-state index contributed by atoms with van der Waals surface area (Å²) in [5.41, 5.74) is 12.3. The molecule has 0 amide bonds. The Kier molecular flexibility index (Phi) is 6.66. The van der Waals surface area contributed by atoms with Crippen LogP contribution in [0.3, 0.4) is 0 Å². The number of benzene rings is 9. The first-order valence-corrected chi connectivity index (χ1v) is 20.0. The zero-order chi connectivity index (χ0) is 38.6. The Morgan fingerprint density at radius 3 is 1.90 bits per heavy atom. The monoisotopic (exact) mass is 752 g/mol. The highest BCUT2D eigenvalue weighted by Crippen LogP contribution is 2.46. The molecule has 13 aromatic rings. The predicted molar refractivity (Wildman–Crippen MR) is 244 cm³/mol. The first-order chi connectivity index (χ1) is 29.3. The van der Waals surface area contributed by atoms with Crippen molar-refractivity contribution in [3.05, 3.63) is 194 Å². The molecule has 4 heterocycles. The number of furan rings is 1. The highest BCUT2D eigenvalue weighted by atomic mass is 16.3. The minimum Gasteiger partial charge on any atom is -0.455 e. The Labute approximate surface area is 337 Å². The number of hydrogen-bond acceptors (Lipinski definition) is 3. The molecule has 0 spiro atoms. The first kappa shape index (κ1) is 32.1. The van der Waals surface area contributed by atoms with E-state index in [1.54, 1.807) is 0 Å². The van der Waals surface area contributed by atoms with Gasteiger partial charge >= 0.3 is 0 Å². The fourth-order valence-electron chi connectivity index (χ4n) is 9.53. The van der Waals surface area contributed by atoms with E-state index in [0.29, 0.717) is 5.95 Å². The van der Waals surface area contributed by atoms with Gasteiger partial charge in [0, 0.05) is 49.0 Å². The first-order valence-electron chi connectivity index (χ1n) is 20.0. The number of rotatable bonds is 4. The summed E-state index contributed by atoms with van der Waals surface area (Å²) < 4.78 is 11.5. The van der Waals surface area contributed by atoms with Crippen LogP contribution in [-0.2, 0) is 0 Å². The molecule has 13 rings (SSSR count). The van der Waals surface area contributed by atoms with Crippen molar-refractivity contribution in [3.8, 4) is 34.0 Å². The Bertz CT molecular complexity index is 3840. The maximum atomic E-state index is 6.78. The summed E-state index contributed by atoms with van der Waals surface area (Å²) in [5, 5.41) is 9.97. The molecular formula is C54H32N4O. The molecule has 0 atom stereocenters. The van der Waals surface area contributed by atoms with E-state index in [1.165, 1.54) is 5.56 Å². The van der Waals surface area contributed by atoms with Crippen LogP contribution in [0.4, 0.5) is 0 Å². The summed E-state index contributed by atoms with van der Waals surface area (Å²) in [6.07, 6.45) is 0. The molecule has 9 aromatic carbocycles. The van der Waals surface area contributed by atoms with Crippen LogP contribution >= 0.6 is 0 Å². The summed E-state index contributed by atoms with van der Waals surface area (Å²) in [4.78, 5) is 10.9. The van der Waals surface area contributed by atoms with Crippen LogP contribution in [0.2, 0.25) is 0 Å². The van der Waals surface area contributed by atoms with Gasteiger partial charge in [-0.25, -0.2) is 9.97 Å². The zero-order valence-corrected chi connectivity index (χ0v) is 31.7. The predicted octanol–water partition coefficient (Wildman–Crippen LogP) is 14.2. The third kappa shape index (κ3) is 4.61. The molecule has 0 aliphatic heterocycles. The lowest BCUT2D eigenvalue weighted by molar-refractivity contribution is 0.673. The van der Waals surface area contributed by atoms with E-state index in [4.69, 9.17) is 14.4 Å². The Morgan fingerprint density at radius 1 is 0.390 bits per heavy atom. The molecule has 0 radical (unpaired) electrons. The lowest BCUT2D eigenvalue weighted by Crippen LogP contribution is -2.04. The fraction of sp³-hybridized carbons (Fsp3) is 0. The highest BCUT2D eigenvalue weighted by molar-refractivity contribution is 6.31. The van der Waals surface area contributed by atoms with Gasteiger partial charge in [-0.3, -0.25) is 4.57 Å². The fourth-order valence-corrected chi connectivity index (χ4v) is 9.53. The minimum absolute atomic E-state index is 0.631. The van der Waals surface area contributed by atoms with Gasteiger partial charge in [0.2, 0.25) is 5.95 Å². The van der Waals surface area contributed by atoms with E-state index >= 15 is 0 Å². The molecular weight excluding hydrogens is 721 g/mol. The Balaban J connectivity index is 1.20. The standard InChI is InChI=1S/C54H32N4O/c1-3-14-33(15-4-1)36-19-13-20-37(32-36)57-46-30-28-40-39-22-10-12-25-47(39)59-53(40)49(46)42-29-31-45-48(52(42)57)41-23-9-11-24-44(41)58(45)54-55-50(35-17-5-2-6-18-35)43-27-26-34-16-7-8-21-38(34)51(43)56-54/h1-32H. The van der Waals surface area contributed by atoms with Crippen molar-refractivity contribution in [2.75, 3.05) is 0 Å². The van der Waals surface area contributed by atoms with Crippen molar-refractivity contribution in [3.63, 3.8) is 0 Å². The van der Waals surface area contributed by atoms with Gasteiger partial charge in [-0.1, -0.05) is 140 Å². The quantitative estimate of drug-likeness (QED) is 0.168. The molecule has 0 unspecified atom stereocenters. The largest absolute Gasteiger partial charge is 0.455 e. The molecule has 59 heavy (non-hydrogen) atoms. The molecule has 0 bridgehead atoms. The van der Waals surface area contributed by atoms with Crippen molar-refractivity contribution in [1.82, 2.24) is 19.1 Å². The molecule has 5 nitrogen and oxygen atoms in total. The number of fused-ring (bicyclic) bond motifs is 14. The minimum atomic E-state index is 0.631. The van der Waals surface area contributed by atoms with Gasteiger partial charge in [0.1, 0.15) is 11.2 Å². The molecule has 0 saturated carbocycles. The maximum absolute atomic E-state index is 6.78. The third-order valence-electron chi connectivity index (χ3n) is 12.1. The van der Waals surface area contributed by atoms with E-state index in [9.17, 15) is 0 Å². The van der Waals surface area contributed by atoms with Crippen molar-refractivity contribution in [2.45, 2.75) is 0 Å². The van der Waals surface area contributed by atoms with Crippen LogP contribution < -0.4 is 0 Å². The third-order valence-corrected chi connectivity index (χ3v) is 12.1. The van der Waals surface area contributed by atoms with Gasteiger partial charge < -0.3 is 8.98 Å². The molecule has 274 valence electrons. The van der Waals surface area contributed by atoms with Crippen LogP contribution in [-0.4, -0.2) is 19.1 Å². The van der Waals surface area contributed by atoms with E-state index < -0.39 is 0 Å². The average molecular weight is 753 g/mol. The van der Waals surface area contributed by atoms with Gasteiger partial charge in [-0.2, -0.15) is 0 Å². The van der Waals surface area contributed by atoms with E-state index in [1.807, 2.05) is 6.07 Å². The van der Waals surface area contributed by atoms with Crippen molar-refractivity contribution >= 4 is 87.2 Å². The molecule has 4 aromatic heterocycles. The van der Waals surface area contributed by atoms with E-state index in [0.717, 1.165) is 110 Å². The number of para-hydroxylation sites is 2. The SMILES string of the molecule is c1ccc(-c2cccc(-n3c4ccc5c6ccccc6oc5c4c4ccc5c(c6ccccc6n5-c5nc(-c6ccccc6)c6ccc7ccccc7c6n5)c43)c2)cc1. The van der Waals surface area contributed by atoms with Crippen LogP contribution in [0, 0.1) is 0 Å². The lowest BCUT2D eigenvalue weighted by atomic mass is 10.0. The summed E-state index contributed by atoms with van der Waals surface area (Å²) in [6, 6.07) is 68.8. The second-order valence-corrected chi connectivity index (χ2v) is 15.3. The van der Waals surface area contributed by atoms with Crippen LogP contribution in [0.25, 0.3) is 121 Å². The second-order valence-electron chi connectivity index (χ2n) is 15.3. The molecule has 0 fully saturated rings. The van der Waals surface area contributed by atoms with Gasteiger partial charge in [0.05, 0.1) is 38.7 Å². The summed E-state index contributed by atoms with van der Waals surface area (Å²) in [5.74, 6) is 0.631. The van der Waals surface area contributed by atoms with Gasteiger partial charge in [0.25, 0.3) is 0 Å². The Morgan fingerprint density at radius 2 is 1.05 bits per heavy atom. The number of hydrogen-bond donors (Lipinski definition) is 0. The highest BCUT2D eigenvalue weighted by Gasteiger charge is 2.25. The topological polar surface area (TPSA) is 48.8 Å². The normalized spacial score (nSPS) is 12.1. The van der Waals surface area contributed by atoms with Crippen LogP contribution in [0.5, 0.6) is 0 Å². The zero-order valence-electron chi connectivity index (χ0n) is 31.7. The van der Waals surface area contributed by atoms with Crippen molar-refractivity contribution in [2.24, 2.45) is 0 Å². The van der Waals surface area contributed by atoms with Crippen LogP contribution in [0.1, 0.15) is 0 Å². The lowest BCUT2D eigenvalue weighted by Gasteiger charge is -2.13. The van der Waals surface area contributed by atoms with E-state index in [2.05, 4.69) is 197 Å². The molecule has 0 aliphatic rings. The van der Waals surface area contributed by atoms with Gasteiger partial charge in [0.15, 0.2) is 0 Å². The maximum Gasteiger partial charge on any atom is 0.235 e. The Hall–Kier alpha value is -8.02. The summed E-state index contributed by atoms with van der Waals surface area (Å²) in [7, 11) is 0. The second kappa shape index (κ2) is 12.2.